The molecule has 0 aromatic heterocycles. The number of unbranched alkanes of at least 4 members (excludes halogenated alkanes) is 5. The molecule has 0 spiro atoms. The SMILES string of the molecule is CCCCCCCCC(=C=O)CC. The third-order valence-corrected chi connectivity index (χ3v) is 2.40. The predicted molar refractivity (Wildman–Crippen MR) is 57.5 cm³/mol. The van der Waals surface area contributed by atoms with Crippen LogP contribution in [0.25, 0.3) is 0 Å². The zero-order valence-electron chi connectivity index (χ0n) is 9.07. The summed E-state index contributed by atoms with van der Waals surface area (Å²) in [6.45, 7) is 4.25. The van der Waals surface area contributed by atoms with E-state index in [9.17, 15) is 4.79 Å². The van der Waals surface area contributed by atoms with Gasteiger partial charge < -0.3 is 0 Å². The summed E-state index contributed by atoms with van der Waals surface area (Å²) in [4.78, 5) is 10.3. The second-order valence-electron chi connectivity index (χ2n) is 3.58. The minimum absolute atomic E-state index is 0.873. The topological polar surface area (TPSA) is 17.1 Å². The Labute approximate surface area is 82.2 Å². The van der Waals surface area contributed by atoms with Gasteiger partial charge in [0.1, 0.15) is 5.94 Å². The second-order valence-corrected chi connectivity index (χ2v) is 3.58. The van der Waals surface area contributed by atoms with Gasteiger partial charge in [-0.2, -0.15) is 0 Å². The molecule has 0 aliphatic rings. The molecule has 0 saturated heterocycles. The van der Waals surface area contributed by atoms with Crippen LogP contribution in [0, 0.1) is 0 Å². The summed E-state index contributed by atoms with van der Waals surface area (Å²) in [6, 6.07) is 0. The lowest BCUT2D eigenvalue weighted by Crippen LogP contribution is -1.84. The van der Waals surface area contributed by atoms with Gasteiger partial charge in [-0.25, -0.2) is 4.79 Å². The molecule has 1 heteroatoms. The van der Waals surface area contributed by atoms with E-state index in [2.05, 4.69) is 6.92 Å². The molecule has 0 amide bonds. The molecule has 0 atom stereocenters. The standard InChI is InChI=1S/C12H22O/c1-3-5-6-7-8-9-10-12(4-2)11-13/h3-10H2,1-2H3. The lowest BCUT2D eigenvalue weighted by atomic mass is 10.0. The molecule has 0 N–H and O–H groups in total. The zero-order valence-corrected chi connectivity index (χ0v) is 9.07. The van der Waals surface area contributed by atoms with Gasteiger partial charge in [0.05, 0.1) is 0 Å². The van der Waals surface area contributed by atoms with Crippen molar-refractivity contribution in [1.29, 1.82) is 0 Å². The van der Waals surface area contributed by atoms with Crippen molar-refractivity contribution in [2.75, 3.05) is 0 Å². The molecule has 76 valence electrons. The summed E-state index contributed by atoms with van der Waals surface area (Å²) >= 11 is 0. The van der Waals surface area contributed by atoms with Crippen molar-refractivity contribution in [3.05, 3.63) is 5.57 Å². The van der Waals surface area contributed by atoms with Gasteiger partial charge in [-0.05, 0) is 19.3 Å². The van der Waals surface area contributed by atoms with Gasteiger partial charge in [0.15, 0.2) is 0 Å². The van der Waals surface area contributed by atoms with Crippen molar-refractivity contribution in [2.45, 2.75) is 65.2 Å². The maximum absolute atomic E-state index is 10.3. The van der Waals surface area contributed by atoms with Gasteiger partial charge in [-0.3, -0.25) is 0 Å². The largest absolute Gasteiger partial charge is 0.234 e. The van der Waals surface area contributed by atoms with Crippen LogP contribution >= 0.6 is 0 Å². The Kier molecular flexibility index (Phi) is 9.13. The molecule has 0 aliphatic heterocycles. The molecule has 0 heterocycles. The first-order valence-corrected chi connectivity index (χ1v) is 5.58. The second kappa shape index (κ2) is 9.54. The van der Waals surface area contributed by atoms with Crippen LogP contribution in [0.4, 0.5) is 0 Å². The van der Waals surface area contributed by atoms with Gasteiger partial charge in [0.2, 0.25) is 0 Å². The maximum atomic E-state index is 10.3. The third-order valence-electron chi connectivity index (χ3n) is 2.40. The smallest absolute Gasteiger partial charge is 0.123 e. The molecule has 13 heavy (non-hydrogen) atoms. The van der Waals surface area contributed by atoms with Gasteiger partial charge in [0.25, 0.3) is 0 Å². The number of hydrogen-bond acceptors (Lipinski definition) is 1. The molecule has 0 unspecified atom stereocenters. The highest BCUT2D eigenvalue weighted by Gasteiger charge is 1.95. The zero-order chi connectivity index (χ0) is 9.94. The Balaban J connectivity index is 3.20. The highest BCUT2D eigenvalue weighted by Crippen LogP contribution is 2.11. The maximum Gasteiger partial charge on any atom is 0.123 e. The Bertz CT molecular complexity index is 155. The number of allylic oxidation sites excluding steroid dienone is 1. The fourth-order valence-electron chi connectivity index (χ4n) is 1.42. The molecular weight excluding hydrogens is 160 g/mol. The van der Waals surface area contributed by atoms with E-state index in [4.69, 9.17) is 0 Å². The minimum atomic E-state index is 0.873. The van der Waals surface area contributed by atoms with Crippen LogP contribution in [0.3, 0.4) is 0 Å². The van der Waals surface area contributed by atoms with Gasteiger partial charge >= 0.3 is 0 Å². The normalized spacial score (nSPS) is 9.69. The third kappa shape index (κ3) is 7.80. The first-order chi connectivity index (χ1) is 6.35. The van der Waals surface area contributed by atoms with Crippen molar-refractivity contribution in [3.8, 4) is 0 Å². The molecule has 0 bridgehead atoms. The Hall–Kier alpha value is -0.550. The van der Waals surface area contributed by atoms with E-state index in [0.29, 0.717) is 0 Å². The molecule has 0 aliphatic carbocycles. The molecule has 0 rings (SSSR count). The molecule has 0 fully saturated rings. The number of carbonyl (C=O) groups excluding carboxylic acids is 1. The Morgan fingerprint density at radius 2 is 1.62 bits per heavy atom. The first kappa shape index (κ1) is 12.4. The molecule has 0 saturated carbocycles. The Morgan fingerprint density at radius 3 is 2.15 bits per heavy atom. The van der Waals surface area contributed by atoms with Crippen LogP contribution in [0.1, 0.15) is 65.2 Å². The summed E-state index contributed by atoms with van der Waals surface area (Å²) in [5.74, 6) is 2.02. The predicted octanol–water partition coefficient (Wildman–Crippen LogP) is 3.91. The summed E-state index contributed by atoms with van der Waals surface area (Å²) in [5.41, 5.74) is 0.954. The van der Waals surface area contributed by atoms with Crippen molar-refractivity contribution in [3.63, 3.8) is 0 Å². The average molecular weight is 182 g/mol. The fraction of sp³-hybridized carbons (Fsp3) is 0.833. The number of rotatable bonds is 8. The summed E-state index contributed by atoms with van der Waals surface area (Å²) < 4.78 is 0. The van der Waals surface area contributed by atoms with E-state index in [0.717, 1.165) is 18.4 Å². The van der Waals surface area contributed by atoms with Crippen molar-refractivity contribution < 1.29 is 4.79 Å². The highest BCUT2D eigenvalue weighted by molar-refractivity contribution is 5.51. The monoisotopic (exact) mass is 182 g/mol. The van der Waals surface area contributed by atoms with Crippen molar-refractivity contribution in [1.82, 2.24) is 0 Å². The van der Waals surface area contributed by atoms with E-state index < -0.39 is 0 Å². The summed E-state index contributed by atoms with van der Waals surface area (Å²) in [6.07, 6.45) is 9.60. The minimum Gasteiger partial charge on any atom is -0.234 e. The average Bonchev–Trinajstić information content (AvgIpc) is 2.17. The van der Waals surface area contributed by atoms with E-state index in [1.54, 1.807) is 0 Å². The van der Waals surface area contributed by atoms with Crippen LogP contribution in [0.15, 0.2) is 5.57 Å². The lowest BCUT2D eigenvalue weighted by molar-refractivity contribution is 0.562. The van der Waals surface area contributed by atoms with Gasteiger partial charge in [0, 0.05) is 5.57 Å². The van der Waals surface area contributed by atoms with E-state index >= 15 is 0 Å². The fourth-order valence-corrected chi connectivity index (χ4v) is 1.42. The van der Waals surface area contributed by atoms with Gasteiger partial charge in [-0.15, -0.1) is 0 Å². The van der Waals surface area contributed by atoms with Crippen molar-refractivity contribution >= 4 is 5.94 Å². The van der Waals surface area contributed by atoms with Crippen LogP contribution in [-0.2, 0) is 4.79 Å². The summed E-state index contributed by atoms with van der Waals surface area (Å²) in [5, 5.41) is 0. The van der Waals surface area contributed by atoms with E-state index in [1.165, 1.54) is 38.5 Å². The van der Waals surface area contributed by atoms with Crippen LogP contribution in [-0.4, -0.2) is 5.94 Å². The van der Waals surface area contributed by atoms with Crippen molar-refractivity contribution in [2.24, 2.45) is 0 Å². The first-order valence-electron chi connectivity index (χ1n) is 5.58. The molecular formula is C12H22O. The molecule has 0 radical (unpaired) electrons. The van der Waals surface area contributed by atoms with Crippen LogP contribution < -0.4 is 0 Å². The highest BCUT2D eigenvalue weighted by atomic mass is 16.1. The van der Waals surface area contributed by atoms with E-state index in [1.807, 2.05) is 12.9 Å². The van der Waals surface area contributed by atoms with Gasteiger partial charge in [-0.1, -0.05) is 46.0 Å². The molecule has 1 nitrogen and oxygen atoms in total. The quantitative estimate of drug-likeness (QED) is 0.411. The Morgan fingerprint density at radius 1 is 1.00 bits per heavy atom. The lowest BCUT2D eigenvalue weighted by Gasteiger charge is -2.00. The molecule has 0 aromatic rings. The van der Waals surface area contributed by atoms with Crippen LogP contribution in [0.5, 0.6) is 0 Å². The summed E-state index contributed by atoms with van der Waals surface area (Å²) in [7, 11) is 0. The van der Waals surface area contributed by atoms with E-state index in [-0.39, 0.29) is 0 Å². The molecule has 0 aromatic carbocycles. The number of hydrogen-bond donors (Lipinski definition) is 0. The van der Waals surface area contributed by atoms with Crippen LogP contribution in [0.2, 0.25) is 0 Å².